The third-order valence-corrected chi connectivity index (χ3v) is 2.33. The van der Waals surface area contributed by atoms with Crippen LogP contribution in [0, 0.1) is 0 Å². The molecule has 1 aromatic heterocycles. The van der Waals surface area contributed by atoms with Gasteiger partial charge in [-0.05, 0) is 25.1 Å². The van der Waals surface area contributed by atoms with Crippen molar-refractivity contribution in [2.75, 3.05) is 7.11 Å². The van der Waals surface area contributed by atoms with Crippen molar-refractivity contribution in [1.29, 1.82) is 0 Å². The molecular formula is C11H13NO. The molecule has 0 unspecified atom stereocenters. The fraction of sp³-hybridized carbons (Fsp3) is 0.273. The summed E-state index contributed by atoms with van der Waals surface area (Å²) in [5, 5.41) is 1.19. The number of nitrogens with zero attached hydrogens (tertiary/aromatic N) is 1. The topological polar surface area (TPSA) is 14.2 Å². The lowest BCUT2D eigenvalue weighted by Gasteiger charge is -2.03. The standard InChI is InChI=1S/C11H13NO/c1-3-12-8-7-9-10(12)5-4-6-11(9)13-2/h4-8H,3H2,1-2H3. The van der Waals surface area contributed by atoms with Gasteiger partial charge in [0.2, 0.25) is 0 Å². The molecule has 68 valence electrons. The van der Waals surface area contributed by atoms with Crippen LogP contribution < -0.4 is 4.74 Å². The molecule has 0 fully saturated rings. The lowest BCUT2D eigenvalue weighted by Crippen LogP contribution is -1.90. The molecule has 0 saturated heterocycles. The minimum atomic E-state index is 0.949. The van der Waals surface area contributed by atoms with Crippen LogP contribution in [0.25, 0.3) is 10.9 Å². The Morgan fingerprint density at radius 2 is 2.15 bits per heavy atom. The third-order valence-electron chi connectivity index (χ3n) is 2.33. The summed E-state index contributed by atoms with van der Waals surface area (Å²) in [5.74, 6) is 0.949. The van der Waals surface area contributed by atoms with Crippen molar-refractivity contribution in [3.05, 3.63) is 30.5 Å². The highest BCUT2D eigenvalue weighted by Gasteiger charge is 2.03. The first-order valence-corrected chi connectivity index (χ1v) is 4.48. The molecule has 2 rings (SSSR count). The van der Waals surface area contributed by atoms with Gasteiger partial charge in [0.05, 0.1) is 12.6 Å². The van der Waals surface area contributed by atoms with Crippen molar-refractivity contribution in [3.8, 4) is 5.75 Å². The Morgan fingerprint density at radius 1 is 1.31 bits per heavy atom. The highest BCUT2D eigenvalue weighted by atomic mass is 16.5. The van der Waals surface area contributed by atoms with Crippen molar-refractivity contribution < 1.29 is 4.74 Å². The fourth-order valence-corrected chi connectivity index (χ4v) is 1.65. The Balaban J connectivity index is 2.72. The van der Waals surface area contributed by atoms with Gasteiger partial charge < -0.3 is 9.30 Å². The predicted octanol–water partition coefficient (Wildman–Crippen LogP) is 2.67. The van der Waals surface area contributed by atoms with Crippen molar-refractivity contribution in [3.63, 3.8) is 0 Å². The number of hydrogen-bond donors (Lipinski definition) is 0. The van der Waals surface area contributed by atoms with Gasteiger partial charge in [-0.3, -0.25) is 0 Å². The smallest absolute Gasteiger partial charge is 0.128 e. The highest BCUT2D eigenvalue weighted by molar-refractivity contribution is 5.86. The maximum atomic E-state index is 5.27. The van der Waals surface area contributed by atoms with E-state index in [1.54, 1.807) is 7.11 Å². The maximum absolute atomic E-state index is 5.27. The second kappa shape index (κ2) is 3.13. The van der Waals surface area contributed by atoms with E-state index in [1.807, 2.05) is 12.1 Å². The quantitative estimate of drug-likeness (QED) is 0.684. The molecule has 0 aliphatic carbocycles. The molecular weight excluding hydrogens is 162 g/mol. The molecule has 0 atom stereocenters. The normalized spacial score (nSPS) is 10.6. The summed E-state index contributed by atoms with van der Waals surface area (Å²) in [7, 11) is 1.71. The molecule has 0 bridgehead atoms. The van der Waals surface area contributed by atoms with E-state index in [9.17, 15) is 0 Å². The van der Waals surface area contributed by atoms with E-state index in [1.165, 1.54) is 10.9 Å². The van der Waals surface area contributed by atoms with E-state index in [4.69, 9.17) is 4.74 Å². The molecule has 0 aliphatic rings. The number of rotatable bonds is 2. The zero-order valence-corrected chi connectivity index (χ0v) is 7.95. The molecule has 2 heteroatoms. The minimum Gasteiger partial charge on any atom is -0.496 e. The van der Waals surface area contributed by atoms with E-state index in [2.05, 4.69) is 29.8 Å². The molecule has 1 aromatic carbocycles. The summed E-state index contributed by atoms with van der Waals surface area (Å²) in [6.07, 6.45) is 2.09. The molecule has 1 heterocycles. The third kappa shape index (κ3) is 1.18. The van der Waals surface area contributed by atoms with Gasteiger partial charge in [-0.25, -0.2) is 0 Å². The maximum Gasteiger partial charge on any atom is 0.128 e. The van der Waals surface area contributed by atoms with Gasteiger partial charge in [-0.1, -0.05) is 6.07 Å². The Morgan fingerprint density at radius 3 is 2.85 bits per heavy atom. The molecule has 0 saturated carbocycles. The second-order valence-corrected chi connectivity index (χ2v) is 2.99. The number of aryl methyl sites for hydroxylation is 1. The van der Waals surface area contributed by atoms with Crippen LogP contribution in [0.5, 0.6) is 5.75 Å². The molecule has 2 nitrogen and oxygen atoms in total. The highest BCUT2D eigenvalue weighted by Crippen LogP contribution is 2.25. The molecule has 0 aliphatic heterocycles. The monoisotopic (exact) mass is 175 g/mol. The van der Waals surface area contributed by atoms with Gasteiger partial charge in [0.25, 0.3) is 0 Å². The van der Waals surface area contributed by atoms with Crippen LogP contribution in [0.1, 0.15) is 6.92 Å². The minimum absolute atomic E-state index is 0.949. The number of benzene rings is 1. The van der Waals surface area contributed by atoms with Crippen LogP contribution >= 0.6 is 0 Å². The number of methoxy groups -OCH3 is 1. The molecule has 0 amide bonds. The summed E-state index contributed by atoms with van der Waals surface area (Å²) < 4.78 is 7.48. The van der Waals surface area contributed by atoms with Crippen LogP contribution in [-0.4, -0.2) is 11.7 Å². The molecule has 0 spiro atoms. The summed E-state index contributed by atoms with van der Waals surface area (Å²) in [5.41, 5.74) is 1.24. The SMILES string of the molecule is CCn1ccc2c(OC)cccc21. The van der Waals surface area contributed by atoms with Gasteiger partial charge >= 0.3 is 0 Å². The Bertz CT molecular complexity index is 417. The van der Waals surface area contributed by atoms with E-state index < -0.39 is 0 Å². The van der Waals surface area contributed by atoms with Crippen molar-refractivity contribution in [2.45, 2.75) is 13.5 Å². The zero-order valence-electron chi connectivity index (χ0n) is 7.95. The average Bonchev–Trinajstić information content (AvgIpc) is 2.60. The van der Waals surface area contributed by atoms with Gasteiger partial charge in [0.1, 0.15) is 5.75 Å². The lowest BCUT2D eigenvalue weighted by atomic mass is 10.2. The van der Waals surface area contributed by atoms with Gasteiger partial charge in [0.15, 0.2) is 0 Å². The van der Waals surface area contributed by atoms with E-state index in [-0.39, 0.29) is 0 Å². The van der Waals surface area contributed by atoms with Gasteiger partial charge in [0, 0.05) is 18.1 Å². The fourth-order valence-electron chi connectivity index (χ4n) is 1.65. The first-order chi connectivity index (χ1) is 6.36. The molecule has 2 aromatic rings. The Kier molecular flexibility index (Phi) is 1.97. The second-order valence-electron chi connectivity index (χ2n) is 2.99. The zero-order chi connectivity index (χ0) is 9.26. The number of hydrogen-bond acceptors (Lipinski definition) is 1. The van der Waals surface area contributed by atoms with Crippen LogP contribution in [0.2, 0.25) is 0 Å². The van der Waals surface area contributed by atoms with Gasteiger partial charge in [-0.2, -0.15) is 0 Å². The number of fused-ring (bicyclic) bond motifs is 1. The Labute approximate surface area is 77.7 Å². The van der Waals surface area contributed by atoms with E-state index in [0.29, 0.717) is 0 Å². The summed E-state index contributed by atoms with van der Waals surface area (Å²) in [6.45, 7) is 3.13. The van der Waals surface area contributed by atoms with Crippen LogP contribution in [0.15, 0.2) is 30.5 Å². The van der Waals surface area contributed by atoms with Crippen molar-refractivity contribution in [1.82, 2.24) is 4.57 Å². The van der Waals surface area contributed by atoms with Crippen LogP contribution in [0.3, 0.4) is 0 Å². The number of aromatic nitrogens is 1. The first-order valence-electron chi connectivity index (χ1n) is 4.48. The predicted molar refractivity (Wildman–Crippen MR) is 54.2 cm³/mol. The lowest BCUT2D eigenvalue weighted by molar-refractivity contribution is 0.420. The van der Waals surface area contributed by atoms with E-state index >= 15 is 0 Å². The average molecular weight is 175 g/mol. The summed E-state index contributed by atoms with van der Waals surface area (Å²) >= 11 is 0. The largest absolute Gasteiger partial charge is 0.496 e. The van der Waals surface area contributed by atoms with Crippen LogP contribution in [-0.2, 0) is 6.54 Å². The molecule has 0 radical (unpaired) electrons. The van der Waals surface area contributed by atoms with Crippen molar-refractivity contribution in [2.24, 2.45) is 0 Å². The molecule has 13 heavy (non-hydrogen) atoms. The van der Waals surface area contributed by atoms with Gasteiger partial charge in [-0.15, -0.1) is 0 Å². The number of ether oxygens (including phenoxy) is 1. The first kappa shape index (κ1) is 8.17. The molecule has 0 N–H and O–H groups in total. The Hall–Kier alpha value is -1.44. The van der Waals surface area contributed by atoms with Crippen molar-refractivity contribution >= 4 is 10.9 Å². The summed E-state index contributed by atoms with van der Waals surface area (Å²) in [4.78, 5) is 0. The van der Waals surface area contributed by atoms with Crippen LogP contribution in [0.4, 0.5) is 0 Å². The van der Waals surface area contributed by atoms with E-state index in [0.717, 1.165) is 12.3 Å². The summed E-state index contributed by atoms with van der Waals surface area (Å²) in [6, 6.07) is 8.22.